The highest BCUT2D eigenvalue weighted by molar-refractivity contribution is 5.77. The first-order valence-corrected chi connectivity index (χ1v) is 17.2. The van der Waals surface area contributed by atoms with Crippen molar-refractivity contribution >= 4 is 5.91 Å². The van der Waals surface area contributed by atoms with Gasteiger partial charge in [0.15, 0.2) is 6.67 Å². The van der Waals surface area contributed by atoms with Crippen LogP contribution in [0.5, 0.6) is 0 Å². The summed E-state index contributed by atoms with van der Waals surface area (Å²) in [6, 6.07) is 0. The summed E-state index contributed by atoms with van der Waals surface area (Å²) in [6.07, 6.45) is 35.7. The molecule has 37 heavy (non-hydrogen) atoms. The maximum Gasteiger partial charge on any atom is 0.226 e. The third kappa shape index (κ3) is 20.1. The topological polar surface area (TPSA) is 20.3 Å². The molecular formula is C34H69N2O+. The van der Waals surface area contributed by atoms with Gasteiger partial charge in [0.1, 0.15) is 0 Å². The Balaban J connectivity index is 2.14. The van der Waals surface area contributed by atoms with E-state index >= 15 is 0 Å². The summed E-state index contributed by atoms with van der Waals surface area (Å²) in [6.45, 7) is 9.04. The SMILES string of the molecule is CCCCCCCCCCCCCC[N+](C)(CCCCCCCCCCCCCC)CN1CCCC1=O. The zero-order valence-electron chi connectivity index (χ0n) is 26.0. The lowest BCUT2D eigenvalue weighted by atomic mass is 10.0. The monoisotopic (exact) mass is 522 g/mol. The Morgan fingerprint density at radius 2 is 0.865 bits per heavy atom. The van der Waals surface area contributed by atoms with E-state index in [1.54, 1.807) is 0 Å². The van der Waals surface area contributed by atoms with Crippen LogP contribution < -0.4 is 0 Å². The van der Waals surface area contributed by atoms with Crippen molar-refractivity contribution in [3.05, 3.63) is 0 Å². The number of hydrogen-bond donors (Lipinski definition) is 0. The van der Waals surface area contributed by atoms with Gasteiger partial charge >= 0.3 is 0 Å². The molecule has 1 fully saturated rings. The zero-order chi connectivity index (χ0) is 26.9. The molecule has 1 aliphatic heterocycles. The fourth-order valence-corrected chi connectivity index (χ4v) is 6.19. The van der Waals surface area contributed by atoms with Gasteiger partial charge in [0.2, 0.25) is 5.91 Å². The molecule has 220 valence electrons. The van der Waals surface area contributed by atoms with Crippen molar-refractivity contribution in [2.75, 3.05) is 33.4 Å². The third-order valence-electron chi connectivity index (χ3n) is 8.79. The summed E-state index contributed by atoms with van der Waals surface area (Å²) in [5.41, 5.74) is 0. The predicted molar refractivity (Wildman–Crippen MR) is 164 cm³/mol. The van der Waals surface area contributed by atoms with E-state index in [1.165, 1.54) is 167 Å². The Bertz CT molecular complexity index is 478. The summed E-state index contributed by atoms with van der Waals surface area (Å²) in [4.78, 5) is 14.5. The average molecular weight is 522 g/mol. The van der Waals surface area contributed by atoms with Gasteiger partial charge in [-0.25, -0.2) is 0 Å². The lowest BCUT2D eigenvalue weighted by molar-refractivity contribution is -0.918. The lowest BCUT2D eigenvalue weighted by Gasteiger charge is -2.38. The molecule has 1 heterocycles. The standard InChI is InChI=1S/C34H69N2O/c1-4-6-8-10-12-14-16-18-20-22-24-26-31-36(3,33-35-30-28-29-34(35)37)32-27-25-23-21-19-17-15-13-11-9-7-5-2/h4-33H2,1-3H3/q+1. The molecule has 0 unspecified atom stereocenters. The molecule has 0 N–H and O–H groups in total. The molecule has 0 spiro atoms. The van der Waals surface area contributed by atoms with E-state index in [0.29, 0.717) is 5.91 Å². The first-order chi connectivity index (χ1) is 18.1. The maximum absolute atomic E-state index is 12.3. The molecule has 0 atom stereocenters. The predicted octanol–water partition coefficient (Wildman–Crippen LogP) is 10.4. The summed E-state index contributed by atoms with van der Waals surface area (Å²) >= 11 is 0. The summed E-state index contributed by atoms with van der Waals surface area (Å²) in [5.74, 6) is 0.397. The van der Waals surface area contributed by atoms with Crippen molar-refractivity contribution in [3.63, 3.8) is 0 Å². The fraction of sp³-hybridized carbons (Fsp3) is 0.971. The van der Waals surface area contributed by atoms with E-state index < -0.39 is 0 Å². The van der Waals surface area contributed by atoms with Gasteiger partial charge in [0.25, 0.3) is 0 Å². The molecule has 1 amide bonds. The van der Waals surface area contributed by atoms with Gasteiger partial charge < -0.3 is 4.48 Å². The van der Waals surface area contributed by atoms with Crippen LogP contribution in [-0.4, -0.2) is 48.6 Å². The lowest BCUT2D eigenvalue weighted by Crippen LogP contribution is -2.52. The highest BCUT2D eigenvalue weighted by atomic mass is 16.2. The highest BCUT2D eigenvalue weighted by Crippen LogP contribution is 2.19. The van der Waals surface area contributed by atoms with Crippen LogP contribution in [0, 0.1) is 0 Å². The second-order valence-electron chi connectivity index (χ2n) is 12.7. The number of amides is 1. The Labute approximate surface area is 234 Å². The van der Waals surface area contributed by atoms with Gasteiger partial charge in [-0.15, -0.1) is 0 Å². The average Bonchev–Trinajstić information content (AvgIpc) is 3.29. The van der Waals surface area contributed by atoms with E-state index in [0.717, 1.165) is 30.5 Å². The van der Waals surface area contributed by atoms with Crippen LogP contribution in [0.1, 0.15) is 181 Å². The second-order valence-corrected chi connectivity index (χ2v) is 12.7. The van der Waals surface area contributed by atoms with Gasteiger partial charge in [-0.2, -0.15) is 0 Å². The molecule has 1 aliphatic rings. The number of hydrogen-bond acceptors (Lipinski definition) is 1. The minimum atomic E-state index is 0.397. The number of unbranched alkanes of at least 4 members (excludes halogenated alkanes) is 22. The zero-order valence-corrected chi connectivity index (χ0v) is 26.0. The molecular weight excluding hydrogens is 452 g/mol. The summed E-state index contributed by atoms with van der Waals surface area (Å²) in [5, 5.41) is 0. The van der Waals surface area contributed by atoms with Crippen molar-refractivity contribution in [1.82, 2.24) is 4.90 Å². The molecule has 0 aromatic rings. The van der Waals surface area contributed by atoms with Crippen LogP contribution in [0.25, 0.3) is 0 Å². The largest absolute Gasteiger partial charge is 0.309 e. The van der Waals surface area contributed by atoms with E-state index in [9.17, 15) is 4.79 Å². The molecule has 0 radical (unpaired) electrons. The Hall–Kier alpha value is -0.570. The van der Waals surface area contributed by atoms with Crippen LogP contribution in [0.4, 0.5) is 0 Å². The molecule has 3 heteroatoms. The summed E-state index contributed by atoms with van der Waals surface area (Å²) in [7, 11) is 2.43. The number of nitrogens with zero attached hydrogens (tertiary/aromatic N) is 2. The van der Waals surface area contributed by atoms with Gasteiger partial charge in [0.05, 0.1) is 20.1 Å². The normalized spacial score (nSPS) is 14.2. The number of quaternary nitrogens is 1. The first kappa shape index (κ1) is 34.5. The summed E-state index contributed by atoms with van der Waals surface area (Å²) < 4.78 is 1.08. The van der Waals surface area contributed by atoms with E-state index in [2.05, 4.69) is 25.8 Å². The van der Waals surface area contributed by atoms with E-state index in [1.807, 2.05) is 0 Å². The van der Waals surface area contributed by atoms with Crippen LogP contribution in [0.15, 0.2) is 0 Å². The van der Waals surface area contributed by atoms with Crippen molar-refractivity contribution < 1.29 is 9.28 Å². The molecule has 0 aromatic carbocycles. The van der Waals surface area contributed by atoms with Crippen LogP contribution in [0.2, 0.25) is 0 Å². The number of carbonyl (C=O) groups excluding carboxylic acids is 1. The Kier molecular flexibility index (Phi) is 22.8. The van der Waals surface area contributed by atoms with Crippen LogP contribution in [0.3, 0.4) is 0 Å². The van der Waals surface area contributed by atoms with Crippen molar-refractivity contribution in [2.24, 2.45) is 0 Å². The molecule has 1 saturated heterocycles. The molecule has 0 saturated carbocycles. The quantitative estimate of drug-likeness (QED) is 0.0740. The molecule has 3 nitrogen and oxygen atoms in total. The molecule has 0 aliphatic carbocycles. The second kappa shape index (κ2) is 24.5. The van der Waals surface area contributed by atoms with E-state index in [4.69, 9.17) is 0 Å². The van der Waals surface area contributed by atoms with Gasteiger partial charge in [-0.05, 0) is 32.1 Å². The van der Waals surface area contributed by atoms with Crippen molar-refractivity contribution in [2.45, 2.75) is 181 Å². The maximum atomic E-state index is 12.3. The van der Waals surface area contributed by atoms with Crippen LogP contribution in [-0.2, 0) is 4.79 Å². The molecule has 0 bridgehead atoms. The minimum absolute atomic E-state index is 0.397. The highest BCUT2D eigenvalue weighted by Gasteiger charge is 2.29. The van der Waals surface area contributed by atoms with Crippen LogP contribution >= 0.6 is 0 Å². The van der Waals surface area contributed by atoms with Gasteiger partial charge in [0, 0.05) is 13.0 Å². The van der Waals surface area contributed by atoms with Gasteiger partial charge in [-0.1, -0.05) is 142 Å². The van der Waals surface area contributed by atoms with Gasteiger partial charge in [-0.3, -0.25) is 9.69 Å². The molecule has 0 aromatic heterocycles. The van der Waals surface area contributed by atoms with Crippen molar-refractivity contribution in [3.8, 4) is 0 Å². The Morgan fingerprint density at radius 3 is 1.16 bits per heavy atom. The minimum Gasteiger partial charge on any atom is -0.309 e. The molecule has 1 rings (SSSR count). The number of likely N-dealkylation sites (tertiary alicyclic amines) is 1. The Morgan fingerprint density at radius 1 is 0.541 bits per heavy atom. The number of carbonyl (C=O) groups is 1. The van der Waals surface area contributed by atoms with Crippen molar-refractivity contribution in [1.29, 1.82) is 0 Å². The first-order valence-electron chi connectivity index (χ1n) is 17.2. The third-order valence-corrected chi connectivity index (χ3v) is 8.79. The fourth-order valence-electron chi connectivity index (χ4n) is 6.19. The smallest absolute Gasteiger partial charge is 0.226 e. The number of rotatable bonds is 28. The van der Waals surface area contributed by atoms with E-state index in [-0.39, 0.29) is 0 Å².